The van der Waals surface area contributed by atoms with Crippen molar-refractivity contribution in [1.29, 1.82) is 0 Å². The lowest BCUT2D eigenvalue weighted by Crippen LogP contribution is -2.44. The second kappa shape index (κ2) is 12.1. The summed E-state index contributed by atoms with van der Waals surface area (Å²) in [6.07, 6.45) is -0.0478. The number of methoxy groups -OCH3 is 1. The van der Waals surface area contributed by atoms with Crippen molar-refractivity contribution in [3.05, 3.63) is 83.4 Å². The highest BCUT2D eigenvalue weighted by Gasteiger charge is 2.36. The van der Waals surface area contributed by atoms with E-state index in [1.165, 1.54) is 17.0 Å². The molecule has 1 fully saturated rings. The summed E-state index contributed by atoms with van der Waals surface area (Å²) in [5.74, 6) is -1.10. The molecule has 3 aromatic carbocycles. The molecule has 0 radical (unpaired) electrons. The molecule has 1 aliphatic rings. The Labute approximate surface area is 223 Å². The van der Waals surface area contributed by atoms with Gasteiger partial charge >= 0.3 is 5.97 Å². The average molecular weight is 538 g/mol. The van der Waals surface area contributed by atoms with Crippen molar-refractivity contribution in [3.63, 3.8) is 0 Å². The zero-order valence-corrected chi connectivity index (χ0v) is 21.1. The van der Waals surface area contributed by atoms with Crippen LogP contribution in [0.1, 0.15) is 16.8 Å². The maximum absolute atomic E-state index is 12.5. The molecule has 0 saturated carbocycles. The molecule has 1 heterocycles. The van der Waals surface area contributed by atoms with Crippen LogP contribution in [0.5, 0.6) is 17.2 Å². The van der Waals surface area contributed by atoms with Gasteiger partial charge in [-0.3, -0.25) is 30.0 Å². The van der Waals surface area contributed by atoms with E-state index in [0.717, 1.165) is 0 Å². The predicted octanol–water partition coefficient (Wildman–Crippen LogP) is 3.50. The van der Waals surface area contributed by atoms with Gasteiger partial charge in [-0.2, -0.15) is 0 Å². The average Bonchev–Trinajstić information content (AvgIpc) is 3.33. The number of hydrogen-bond donors (Lipinski definition) is 2. The minimum Gasteiger partial charge on any atom is -0.497 e. The first kappa shape index (κ1) is 26.5. The first-order valence-electron chi connectivity index (χ1n) is 11.6. The van der Waals surface area contributed by atoms with E-state index in [4.69, 9.17) is 25.8 Å². The maximum Gasteiger partial charge on any atom is 0.311 e. The van der Waals surface area contributed by atoms with E-state index in [9.17, 15) is 19.2 Å². The fraction of sp³-hybridized carbons (Fsp3) is 0.185. The van der Waals surface area contributed by atoms with Gasteiger partial charge in [-0.05, 0) is 60.7 Å². The monoisotopic (exact) mass is 537 g/mol. The van der Waals surface area contributed by atoms with Crippen LogP contribution >= 0.6 is 11.6 Å². The van der Waals surface area contributed by atoms with E-state index in [-0.39, 0.29) is 29.5 Å². The number of esters is 1. The summed E-state index contributed by atoms with van der Waals surface area (Å²) < 4.78 is 16.0. The number of ether oxygens (including phenoxy) is 3. The van der Waals surface area contributed by atoms with Crippen LogP contribution in [0, 0.1) is 5.92 Å². The summed E-state index contributed by atoms with van der Waals surface area (Å²) in [4.78, 5) is 50.6. The second-order valence-electron chi connectivity index (χ2n) is 8.27. The first-order chi connectivity index (χ1) is 18.3. The van der Waals surface area contributed by atoms with Crippen LogP contribution in [-0.4, -0.2) is 44.0 Å². The quantitative estimate of drug-likeness (QED) is 0.333. The zero-order valence-electron chi connectivity index (χ0n) is 20.3. The molecule has 2 N–H and O–H groups in total. The minimum atomic E-state index is -0.743. The van der Waals surface area contributed by atoms with E-state index in [2.05, 4.69) is 10.9 Å². The molecular weight excluding hydrogens is 514 g/mol. The van der Waals surface area contributed by atoms with Gasteiger partial charge in [0, 0.05) is 18.7 Å². The third kappa shape index (κ3) is 6.60. The van der Waals surface area contributed by atoms with Crippen LogP contribution in [0.3, 0.4) is 0 Å². The van der Waals surface area contributed by atoms with Crippen LogP contribution in [0.15, 0.2) is 72.8 Å². The number of anilines is 1. The molecule has 38 heavy (non-hydrogen) atoms. The lowest BCUT2D eigenvalue weighted by molar-refractivity contribution is -0.152. The molecule has 10 nitrogen and oxygen atoms in total. The zero-order chi connectivity index (χ0) is 27.1. The van der Waals surface area contributed by atoms with Crippen LogP contribution in [-0.2, 0) is 19.1 Å². The van der Waals surface area contributed by atoms with E-state index in [1.807, 2.05) is 0 Å². The van der Waals surface area contributed by atoms with E-state index < -0.39 is 30.3 Å². The number of carbonyl (C=O) groups is 4. The van der Waals surface area contributed by atoms with Crippen molar-refractivity contribution in [2.45, 2.75) is 6.42 Å². The molecular formula is C27H24ClN3O7. The normalized spacial score (nSPS) is 14.5. The Kier molecular flexibility index (Phi) is 8.44. The van der Waals surface area contributed by atoms with Gasteiger partial charge in [-0.1, -0.05) is 23.7 Å². The summed E-state index contributed by atoms with van der Waals surface area (Å²) in [5.41, 5.74) is 5.14. The van der Waals surface area contributed by atoms with Crippen molar-refractivity contribution in [2.75, 3.05) is 25.2 Å². The molecule has 0 spiro atoms. The van der Waals surface area contributed by atoms with E-state index in [1.54, 1.807) is 67.8 Å². The van der Waals surface area contributed by atoms with Gasteiger partial charge in [0.25, 0.3) is 11.8 Å². The SMILES string of the molecule is COc1ccc(Oc2ccc(N3C[C@@H](C(=O)OCC(=O)NNC(=O)c4ccccc4Cl)CC3=O)cc2)cc1. The van der Waals surface area contributed by atoms with Gasteiger partial charge in [-0.15, -0.1) is 0 Å². The molecule has 1 atom stereocenters. The van der Waals surface area contributed by atoms with Crippen molar-refractivity contribution in [2.24, 2.45) is 5.92 Å². The highest BCUT2D eigenvalue weighted by atomic mass is 35.5. The van der Waals surface area contributed by atoms with E-state index >= 15 is 0 Å². The third-order valence-corrected chi connectivity index (χ3v) is 6.01. The van der Waals surface area contributed by atoms with Crippen molar-refractivity contribution >= 4 is 41.0 Å². The molecule has 3 aromatic rings. The molecule has 4 rings (SSSR count). The number of rotatable bonds is 8. The van der Waals surface area contributed by atoms with Crippen molar-refractivity contribution < 1.29 is 33.4 Å². The number of hydrogen-bond acceptors (Lipinski definition) is 7. The molecule has 0 aromatic heterocycles. The highest BCUT2D eigenvalue weighted by Crippen LogP contribution is 2.29. The molecule has 3 amide bonds. The molecule has 1 saturated heterocycles. The summed E-state index contributed by atoms with van der Waals surface area (Å²) in [6, 6.07) is 20.3. The number of amides is 3. The molecule has 11 heteroatoms. The lowest BCUT2D eigenvalue weighted by Gasteiger charge is -2.17. The summed E-state index contributed by atoms with van der Waals surface area (Å²) >= 11 is 5.94. The van der Waals surface area contributed by atoms with Gasteiger partial charge < -0.3 is 19.1 Å². The Bertz CT molecular complexity index is 1330. The van der Waals surface area contributed by atoms with Gasteiger partial charge in [0.1, 0.15) is 17.2 Å². The lowest BCUT2D eigenvalue weighted by atomic mass is 10.1. The standard InChI is InChI=1S/C27H24ClN3O7/c1-36-19-10-12-21(13-11-19)38-20-8-6-18(7-9-20)31-15-17(14-25(31)33)27(35)37-16-24(32)29-30-26(34)22-4-2-3-5-23(22)28/h2-13,17H,14-16H2,1H3,(H,29,32)(H,30,34)/t17-/m0/s1. The van der Waals surface area contributed by atoms with Gasteiger partial charge in [-0.25, -0.2) is 0 Å². The molecule has 196 valence electrons. The molecule has 0 aliphatic carbocycles. The van der Waals surface area contributed by atoms with Crippen LogP contribution < -0.4 is 25.2 Å². The highest BCUT2D eigenvalue weighted by molar-refractivity contribution is 6.33. The fourth-order valence-corrected chi connectivity index (χ4v) is 3.94. The van der Waals surface area contributed by atoms with Crippen LogP contribution in [0.2, 0.25) is 5.02 Å². The molecule has 0 bridgehead atoms. The predicted molar refractivity (Wildman–Crippen MR) is 138 cm³/mol. The fourth-order valence-electron chi connectivity index (χ4n) is 3.72. The molecule has 0 unspecified atom stereocenters. The number of halogens is 1. The van der Waals surface area contributed by atoms with Gasteiger partial charge in [0.15, 0.2) is 6.61 Å². The topological polar surface area (TPSA) is 123 Å². The largest absolute Gasteiger partial charge is 0.497 e. The van der Waals surface area contributed by atoms with Crippen LogP contribution in [0.4, 0.5) is 5.69 Å². The maximum atomic E-state index is 12.5. The first-order valence-corrected chi connectivity index (χ1v) is 11.9. The van der Waals surface area contributed by atoms with Crippen molar-refractivity contribution in [3.8, 4) is 17.2 Å². The third-order valence-electron chi connectivity index (χ3n) is 5.68. The Morgan fingerprint density at radius 2 is 1.55 bits per heavy atom. The van der Waals surface area contributed by atoms with Crippen LogP contribution in [0.25, 0.3) is 0 Å². The summed E-state index contributed by atoms with van der Waals surface area (Å²) in [7, 11) is 1.58. The number of carbonyl (C=O) groups excluding carboxylic acids is 4. The Balaban J connectivity index is 1.24. The number of nitrogens with one attached hydrogen (secondary N) is 2. The van der Waals surface area contributed by atoms with E-state index in [0.29, 0.717) is 22.9 Å². The van der Waals surface area contributed by atoms with Gasteiger partial charge in [0.2, 0.25) is 5.91 Å². The van der Waals surface area contributed by atoms with Crippen molar-refractivity contribution in [1.82, 2.24) is 10.9 Å². The minimum absolute atomic E-state index is 0.0478. The smallest absolute Gasteiger partial charge is 0.311 e. The Morgan fingerprint density at radius 1 is 0.921 bits per heavy atom. The molecule has 1 aliphatic heterocycles. The van der Waals surface area contributed by atoms with Gasteiger partial charge in [0.05, 0.1) is 23.6 Å². The number of benzene rings is 3. The number of nitrogens with zero attached hydrogens (tertiary/aromatic N) is 1. The summed E-state index contributed by atoms with van der Waals surface area (Å²) in [6.45, 7) is -0.509. The Hall–Kier alpha value is -4.57. The second-order valence-corrected chi connectivity index (χ2v) is 8.67. The number of hydrazine groups is 1. The Morgan fingerprint density at radius 3 is 2.21 bits per heavy atom. The summed E-state index contributed by atoms with van der Waals surface area (Å²) in [5, 5.41) is 0.223.